The number of rotatable bonds is 32. The van der Waals surface area contributed by atoms with Crippen LogP contribution in [0, 0.1) is 0 Å². The van der Waals surface area contributed by atoms with Crippen molar-refractivity contribution in [2.24, 2.45) is 0 Å². The molecule has 0 saturated heterocycles. The van der Waals surface area contributed by atoms with E-state index in [0.717, 1.165) is 64.2 Å². The van der Waals surface area contributed by atoms with Crippen molar-refractivity contribution in [1.29, 1.82) is 0 Å². The van der Waals surface area contributed by atoms with E-state index in [1.54, 1.807) is 0 Å². The van der Waals surface area contributed by atoms with E-state index in [1.165, 1.54) is 83.5 Å². The summed E-state index contributed by atoms with van der Waals surface area (Å²) in [5.74, 6) is -0.598. The fourth-order valence-electron chi connectivity index (χ4n) is 5.45. The van der Waals surface area contributed by atoms with Crippen molar-refractivity contribution >= 4 is 5.91 Å². The SMILES string of the molecule is CCCCC/C=C\C=C/CCCCCCCC(O)C(=O)NC(CO)C(O)C(O)CCCCCCCCCCCCCCC. The highest BCUT2D eigenvalue weighted by atomic mass is 16.3. The normalized spacial score (nSPS) is 14.8. The highest BCUT2D eigenvalue weighted by Crippen LogP contribution is 2.15. The number of allylic oxidation sites excluding steroid dienone is 4. The summed E-state index contributed by atoms with van der Waals surface area (Å²) in [5.41, 5.74) is 0. The van der Waals surface area contributed by atoms with Crippen LogP contribution in [0.3, 0.4) is 0 Å². The Hall–Kier alpha value is -1.21. The molecule has 254 valence electrons. The van der Waals surface area contributed by atoms with Gasteiger partial charge in [-0.2, -0.15) is 0 Å². The first kappa shape index (κ1) is 41.8. The molecule has 0 aliphatic heterocycles. The lowest BCUT2D eigenvalue weighted by Crippen LogP contribution is -2.53. The summed E-state index contributed by atoms with van der Waals surface area (Å²) in [6.45, 7) is 3.98. The van der Waals surface area contributed by atoms with Crippen molar-refractivity contribution in [3.63, 3.8) is 0 Å². The van der Waals surface area contributed by atoms with Crippen LogP contribution in [0.1, 0.15) is 174 Å². The molecule has 6 heteroatoms. The number of aliphatic hydroxyl groups excluding tert-OH is 4. The fraction of sp³-hybridized carbons (Fsp3) is 0.865. The van der Waals surface area contributed by atoms with Crippen LogP contribution in [0.25, 0.3) is 0 Å². The molecule has 0 heterocycles. The largest absolute Gasteiger partial charge is 0.394 e. The highest BCUT2D eigenvalue weighted by Gasteiger charge is 2.28. The van der Waals surface area contributed by atoms with E-state index in [2.05, 4.69) is 43.5 Å². The van der Waals surface area contributed by atoms with Gasteiger partial charge < -0.3 is 25.7 Å². The predicted molar refractivity (Wildman–Crippen MR) is 182 cm³/mol. The number of hydrogen-bond donors (Lipinski definition) is 5. The lowest BCUT2D eigenvalue weighted by atomic mass is 9.99. The Bertz CT molecular complexity index is 653. The van der Waals surface area contributed by atoms with Gasteiger partial charge in [0.2, 0.25) is 5.91 Å². The zero-order chi connectivity index (χ0) is 31.8. The molecule has 0 aliphatic carbocycles. The van der Waals surface area contributed by atoms with Gasteiger partial charge >= 0.3 is 0 Å². The number of nitrogens with one attached hydrogen (secondary N) is 1. The van der Waals surface area contributed by atoms with E-state index in [-0.39, 0.29) is 0 Å². The second-order valence-electron chi connectivity index (χ2n) is 12.6. The molecule has 5 N–H and O–H groups in total. The number of hydrogen-bond acceptors (Lipinski definition) is 5. The van der Waals surface area contributed by atoms with Gasteiger partial charge in [0, 0.05) is 0 Å². The van der Waals surface area contributed by atoms with Crippen molar-refractivity contribution in [3.05, 3.63) is 24.3 Å². The Kier molecular flexibility index (Phi) is 31.3. The number of aliphatic hydroxyl groups is 4. The zero-order valence-electron chi connectivity index (χ0n) is 28.2. The van der Waals surface area contributed by atoms with Crippen LogP contribution < -0.4 is 5.32 Å². The molecular formula is C37H71NO5. The Balaban J connectivity index is 3.87. The van der Waals surface area contributed by atoms with Crippen molar-refractivity contribution in [2.75, 3.05) is 6.61 Å². The maximum atomic E-state index is 12.4. The average Bonchev–Trinajstić information content (AvgIpc) is 3.01. The summed E-state index contributed by atoms with van der Waals surface area (Å²) in [4.78, 5) is 12.4. The summed E-state index contributed by atoms with van der Waals surface area (Å²) < 4.78 is 0. The molecule has 0 saturated carbocycles. The Morgan fingerprint density at radius 2 is 0.977 bits per heavy atom. The number of carbonyl (C=O) groups is 1. The van der Waals surface area contributed by atoms with Crippen molar-refractivity contribution in [1.82, 2.24) is 5.32 Å². The minimum atomic E-state index is -1.26. The summed E-state index contributed by atoms with van der Waals surface area (Å²) >= 11 is 0. The summed E-state index contributed by atoms with van der Waals surface area (Å²) in [7, 11) is 0. The molecule has 0 aliphatic rings. The van der Waals surface area contributed by atoms with Crippen LogP contribution in [0.5, 0.6) is 0 Å². The molecule has 0 aromatic rings. The van der Waals surface area contributed by atoms with Gasteiger partial charge in [0.05, 0.1) is 18.8 Å². The standard InChI is InChI=1S/C37H71NO5/c1-3-5-7-9-11-13-15-17-19-21-23-25-27-29-31-35(41)37(43)38-33(32-39)36(42)34(40)30-28-26-24-22-20-18-16-14-12-10-8-6-4-2/h11,13,15,17,33-36,39-42H,3-10,12,14,16,18-32H2,1-2H3,(H,38,43)/b13-11-,17-15-. The minimum absolute atomic E-state index is 0.352. The minimum Gasteiger partial charge on any atom is -0.394 e. The third kappa shape index (κ3) is 26.9. The molecule has 0 radical (unpaired) electrons. The number of carbonyl (C=O) groups excluding carboxylic acids is 1. The first-order valence-electron chi connectivity index (χ1n) is 18.2. The molecule has 6 nitrogen and oxygen atoms in total. The predicted octanol–water partition coefficient (Wildman–Crippen LogP) is 8.45. The maximum Gasteiger partial charge on any atom is 0.249 e. The zero-order valence-corrected chi connectivity index (χ0v) is 28.2. The van der Waals surface area contributed by atoms with Crippen LogP contribution >= 0.6 is 0 Å². The van der Waals surface area contributed by atoms with Gasteiger partial charge in [-0.25, -0.2) is 0 Å². The first-order valence-corrected chi connectivity index (χ1v) is 18.2. The monoisotopic (exact) mass is 610 g/mol. The van der Waals surface area contributed by atoms with Crippen molar-refractivity contribution < 1.29 is 25.2 Å². The van der Waals surface area contributed by atoms with E-state index in [0.29, 0.717) is 12.8 Å². The fourth-order valence-corrected chi connectivity index (χ4v) is 5.45. The molecule has 43 heavy (non-hydrogen) atoms. The summed E-state index contributed by atoms with van der Waals surface area (Å²) in [5, 5.41) is 43.4. The Morgan fingerprint density at radius 1 is 0.581 bits per heavy atom. The van der Waals surface area contributed by atoms with E-state index in [1.807, 2.05) is 0 Å². The molecule has 0 aromatic carbocycles. The van der Waals surface area contributed by atoms with Crippen molar-refractivity contribution in [2.45, 2.75) is 199 Å². The van der Waals surface area contributed by atoms with Gasteiger partial charge in [-0.1, -0.05) is 160 Å². The van der Waals surface area contributed by atoms with Gasteiger partial charge in [-0.05, 0) is 38.5 Å². The molecule has 0 fully saturated rings. The van der Waals surface area contributed by atoms with Crippen molar-refractivity contribution in [3.8, 4) is 0 Å². The smallest absolute Gasteiger partial charge is 0.249 e. The second kappa shape index (κ2) is 32.2. The van der Waals surface area contributed by atoms with E-state index in [9.17, 15) is 25.2 Å². The summed E-state index contributed by atoms with van der Waals surface area (Å²) in [6.07, 6.45) is 33.3. The van der Waals surface area contributed by atoms with Gasteiger partial charge in [-0.3, -0.25) is 4.79 Å². The average molecular weight is 610 g/mol. The summed E-state index contributed by atoms with van der Waals surface area (Å²) in [6, 6.07) is -0.988. The molecule has 4 atom stereocenters. The van der Waals surface area contributed by atoms with E-state index in [4.69, 9.17) is 0 Å². The van der Waals surface area contributed by atoms with Gasteiger partial charge in [-0.15, -0.1) is 0 Å². The molecular weight excluding hydrogens is 538 g/mol. The maximum absolute atomic E-state index is 12.4. The third-order valence-corrected chi connectivity index (χ3v) is 8.44. The molecule has 0 spiro atoms. The van der Waals surface area contributed by atoms with E-state index < -0.39 is 36.9 Å². The van der Waals surface area contributed by atoms with Crippen LogP contribution in [0.4, 0.5) is 0 Å². The second-order valence-corrected chi connectivity index (χ2v) is 12.6. The van der Waals surface area contributed by atoms with Gasteiger partial charge in [0.15, 0.2) is 0 Å². The molecule has 0 aromatic heterocycles. The highest BCUT2D eigenvalue weighted by molar-refractivity contribution is 5.80. The van der Waals surface area contributed by atoms with Crippen LogP contribution in [-0.4, -0.2) is 57.3 Å². The quantitative estimate of drug-likeness (QED) is 0.0388. The Morgan fingerprint density at radius 3 is 1.47 bits per heavy atom. The first-order chi connectivity index (χ1) is 21.0. The molecule has 1 amide bonds. The van der Waals surface area contributed by atoms with Gasteiger partial charge in [0.1, 0.15) is 12.2 Å². The van der Waals surface area contributed by atoms with Crippen LogP contribution in [0.15, 0.2) is 24.3 Å². The molecule has 0 rings (SSSR count). The lowest BCUT2D eigenvalue weighted by molar-refractivity contribution is -0.132. The number of amides is 1. The van der Waals surface area contributed by atoms with Crippen LogP contribution in [0.2, 0.25) is 0 Å². The van der Waals surface area contributed by atoms with Gasteiger partial charge in [0.25, 0.3) is 0 Å². The topological polar surface area (TPSA) is 110 Å². The molecule has 4 unspecified atom stereocenters. The van der Waals surface area contributed by atoms with Crippen LogP contribution in [-0.2, 0) is 4.79 Å². The van der Waals surface area contributed by atoms with E-state index >= 15 is 0 Å². The lowest BCUT2D eigenvalue weighted by Gasteiger charge is -2.27. The molecule has 0 bridgehead atoms. The third-order valence-electron chi connectivity index (χ3n) is 8.44. The Labute approximate surface area is 265 Å². The number of unbranched alkanes of at least 4 members (excludes halogenated alkanes) is 20.